The standard InChI is InChI=1S/C20H23N3O2/c1-4-7-15(3)22-23-19(24)16-10-12-17(13-11-16)21-20(25)18-9-6-5-8-14(18)2/h5-6,8-13H,4,7H2,1-3H3,(H,21,25)(H,23,24)/b22-15+. The Hall–Kier alpha value is -2.95. The summed E-state index contributed by atoms with van der Waals surface area (Å²) in [7, 11) is 0. The first-order chi connectivity index (χ1) is 12.0. The van der Waals surface area contributed by atoms with Crippen molar-refractivity contribution in [1.29, 1.82) is 0 Å². The average Bonchev–Trinajstić information content (AvgIpc) is 2.61. The maximum absolute atomic E-state index is 12.3. The quantitative estimate of drug-likeness (QED) is 0.614. The Labute approximate surface area is 148 Å². The maximum Gasteiger partial charge on any atom is 0.271 e. The van der Waals surface area contributed by atoms with Crippen LogP contribution in [0.4, 0.5) is 5.69 Å². The second kappa shape index (κ2) is 8.78. The summed E-state index contributed by atoms with van der Waals surface area (Å²) < 4.78 is 0. The van der Waals surface area contributed by atoms with Crippen LogP contribution < -0.4 is 10.7 Å². The fraction of sp³-hybridized carbons (Fsp3) is 0.250. The Morgan fingerprint density at radius 3 is 2.32 bits per heavy atom. The molecule has 2 aromatic carbocycles. The molecule has 0 heterocycles. The number of rotatable bonds is 6. The Morgan fingerprint density at radius 1 is 1.00 bits per heavy atom. The Balaban J connectivity index is 2.00. The third-order valence-electron chi connectivity index (χ3n) is 3.75. The van der Waals surface area contributed by atoms with Gasteiger partial charge in [-0.2, -0.15) is 5.10 Å². The monoisotopic (exact) mass is 337 g/mol. The van der Waals surface area contributed by atoms with E-state index in [4.69, 9.17) is 0 Å². The molecule has 0 saturated carbocycles. The predicted octanol–water partition coefficient (Wildman–Crippen LogP) is 4.15. The predicted molar refractivity (Wildman–Crippen MR) is 101 cm³/mol. The lowest BCUT2D eigenvalue weighted by atomic mass is 10.1. The van der Waals surface area contributed by atoms with Gasteiger partial charge in [-0.05, 0) is 56.2 Å². The second-order valence-corrected chi connectivity index (χ2v) is 5.88. The van der Waals surface area contributed by atoms with Gasteiger partial charge in [0.2, 0.25) is 0 Å². The first-order valence-electron chi connectivity index (χ1n) is 8.31. The molecule has 0 aliphatic carbocycles. The number of hydrogen-bond acceptors (Lipinski definition) is 3. The molecule has 0 atom stereocenters. The number of anilines is 1. The molecule has 0 aromatic heterocycles. The van der Waals surface area contributed by atoms with Crippen LogP contribution in [0.25, 0.3) is 0 Å². The van der Waals surface area contributed by atoms with Gasteiger partial charge in [0, 0.05) is 22.5 Å². The summed E-state index contributed by atoms with van der Waals surface area (Å²) >= 11 is 0. The van der Waals surface area contributed by atoms with Gasteiger partial charge in [0.1, 0.15) is 0 Å². The number of benzene rings is 2. The number of carbonyl (C=O) groups excluding carboxylic acids is 2. The molecule has 25 heavy (non-hydrogen) atoms. The SMILES string of the molecule is CCC/C(C)=N/NC(=O)c1ccc(NC(=O)c2ccccc2C)cc1. The summed E-state index contributed by atoms with van der Waals surface area (Å²) in [5, 5.41) is 6.89. The van der Waals surface area contributed by atoms with Crippen LogP contribution in [0.15, 0.2) is 53.6 Å². The highest BCUT2D eigenvalue weighted by atomic mass is 16.2. The molecule has 2 N–H and O–H groups in total. The van der Waals surface area contributed by atoms with Crippen LogP contribution in [0.3, 0.4) is 0 Å². The zero-order valence-electron chi connectivity index (χ0n) is 14.8. The van der Waals surface area contributed by atoms with Crippen molar-refractivity contribution in [3.8, 4) is 0 Å². The van der Waals surface area contributed by atoms with Gasteiger partial charge in [-0.3, -0.25) is 9.59 Å². The van der Waals surface area contributed by atoms with Crippen LogP contribution in [0, 0.1) is 6.92 Å². The van der Waals surface area contributed by atoms with Gasteiger partial charge in [0.25, 0.3) is 11.8 Å². The third-order valence-corrected chi connectivity index (χ3v) is 3.75. The van der Waals surface area contributed by atoms with E-state index in [1.165, 1.54) is 0 Å². The van der Waals surface area contributed by atoms with Gasteiger partial charge in [-0.1, -0.05) is 31.5 Å². The molecule has 0 aliphatic heterocycles. The van der Waals surface area contributed by atoms with Crippen molar-refractivity contribution in [3.05, 3.63) is 65.2 Å². The van der Waals surface area contributed by atoms with E-state index < -0.39 is 0 Å². The largest absolute Gasteiger partial charge is 0.322 e. The summed E-state index contributed by atoms with van der Waals surface area (Å²) in [4.78, 5) is 24.3. The normalized spacial score (nSPS) is 11.1. The number of aryl methyl sites for hydroxylation is 1. The number of nitrogens with one attached hydrogen (secondary N) is 2. The highest BCUT2D eigenvalue weighted by molar-refractivity contribution is 6.05. The smallest absolute Gasteiger partial charge is 0.271 e. The number of carbonyl (C=O) groups is 2. The molecule has 0 aliphatic rings. The lowest BCUT2D eigenvalue weighted by Crippen LogP contribution is -2.19. The minimum atomic E-state index is -0.271. The number of nitrogens with zero attached hydrogens (tertiary/aromatic N) is 1. The first-order valence-corrected chi connectivity index (χ1v) is 8.31. The molecule has 2 amide bonds. The zero-order valence-corrected chi connectivity index (χ0v) is 14.8. The minimum absolute atomic E-state index is 0.171. The van der Waals surface area contributed by atoms with Gasteiger partial charge >= 0.3 is 0 Å². The van der Waals surface area contributed by atoms with Crippen molar-refractivity contribution in [2.75, 3.05) is 5.32 Å². The van der Waals surface area contributed by atoms with Gasteiger partial charge in [0.15, 0.2) is 0 Å². The van der Waals surface area contributed by atoms with Crippen molar-refractivity contribution >= 4 is 23.2 Å². The van der Waals surface area contributed by atoms with E-state index >= 15 is 0 Å². The van der Waals surface area contributed by atoms with Gasteiger partial charge < -0.3 is 5.32 Å². The summed E-state index contributed by atoms with van der Waals surface area (Å²) in [6.45, 7) is 5.84. The van der Waals surface area contributed by atoms with Crippen molar-refractivity contribution in [2.24, 2.45) is 5.10 Å². The van der Waals surface area contributed by atoms with E-state index in [0.717, 1.165) is 24.1 Å². The molecule has 0 spiro atoms. The molecular weight excluding hydrogens is 314 g/mol. The highest BCUT2D eigenvalue weighted by Crippen LogP contribution is 2.13. The molecule has 0 unspecified atom stereocenters. The molecule has 5 heteroatoms. The molecule has 2 aromatic rings. The van der Waals surface area contributed by atoms with Crippen molar-refractivity contribution < 1.29 is 9.59 Å². The molecule has 0 radical (unpaired) electrons. The Morgan fingerprint density at radius 2 is 1.68 bits per heavy atom. The molecule has 0 saturated heterocycles. The summed E-state index contributed by atoms with van der Waals surface area (Å²) in [6.07, 6.45) is 1.84. The second-order valence-electron chi connectivity index (χ2n) is 5.88. The highest BCUT2D eigenvalue weighted by Gasteiger charge is 2.09. The van der Waals surface area contributed by atoms with E-state index in [9.17, 15) is 9.59 Å². The topological polar surface area (TPSA) is 70.6 Å². The molecule has 0 bridgehead atoms. The fourth-order valence-electron chi connectivity index (χ4n) is 2.36. The maximum atomic E-state index is 12.3. The van der Waals surface area contributed by atoms with Crippen LogP contribution >= 0.6 is 0 Å². The van der Waals surface area contributed by atoms with Crippen LogP contribution in [0.5, 0.6) is 0 Å². The molecule has 2 rings (SSSR count). The summed E-state index contributed by atoms with van der Waals surface area (Å²) in [5.41, 5.74) is 6.09. The fourth-order valence-corrected chi connectivity index (χ4v) is 2.36. The number of amides is 2. The number of hydrazone groups is 1. The van der Waals surface area contributed by atoms with E-state index in [-0.39, 0.29) is 11.8 Å². The van der Waals surface area contributed by atoms with Crippen LogP contribution in [0.2, 0.25) is 0 Å². The molecule has 130 valence electrons. The van der Waals surface area contributed by atoms with Crippen LogP contribution in [0.1, 0.15) is 53.0 Å². The molecular formula is C20H23N3O2. The van der Waals surface area contributed by atoms with Crippen molar-refractivity contribution in [2.45, 2.75) is 33.6 Å². The van der Waals surface area contributed by atoms with Gasteiger partial charge in [-0.25, -0.2) is 5.43 Å². The Bertz CT molecular complexity index is 780. The lowest BCUT2D eigenvalue weighted by molar-refractivity contribution is 0.0954. The van der Waals surface area contributed by atoms with E-state index in [0.29, 0.717) is 16.8 Å². The lowest BCUT2D eigenvalue weighted by Gasteiger charge is -2.08. The van der Waals surface area contributed by atoms with Crippen molar-refractivity contribution in [1.82, 2.24) is 5.43 Å². The summed E-state index contributed by atoms with van der Waals surface area (Å²) in [5.74, 6) is -0.442. The average molecular weight is 337 g/mol. The Kier molecular flexibility index (Phi) is 6.46. The molecule has 0 fully saturated rings. The van der Waals surface area contributed by atoms with E-state index in [1.54, 1.807) is 30.3 Å². The zero-order chi connectivity index (χ0) is 18.2. The van der Waals surface area contributed by atoms with Crippen LogP contribution in [-0.2, 0) is 0 Å². The van der Waals surface area contributed by atoms with Crippen molar-refractivity contribution in [3.63, 3.8) is 0 Å². The van der Waals surface area contributed by atoms with E-state index in [1.807, 2.05) is 32.0 Å². The summed E-state index contributed by atoms with van der Waals surface area (Å²) in [6, 6.07) is 14.1. The molecule has 5 nitrogen and oxygen atoms in total. The van der Waals surface area contributed by atoms with E-state index in [2.05, 4.69) is 22.8 Å². The minimum Gasteiger partial charge on any atom is -0.322 e. The van der Waals surface area contributed by atoms with Gasteiger partial charge in [-0.15, -0.1) is 0 Å². The van der Waals surface area contributed by atoms with Crippen LogP contribution in [-0.4, -0.2) is 17.5 Å². The number of hydrogen-bond donors (Lipinski definition) is 2. The van der Waals surface area contributed by atoms with Gasteiger partial charge in [0.05, 0.1) is 0 Å². The third kappa shape index (κ3) is 5.28. The first kappa shape index (κ1) is 18.4.